The monoisotopic (exact) mass is 364 g/mol. The topological polar surface area (TPSA) is 88.1 Å². The van der Waals surface area contributed by atoms with Crippen molar-refractivity contribution in [2.45, 2.75) is 11.3 Å². The van der Waals surface area contributed by atoms with Crippen LogP contribution in [0, 0.1) is 0 Å². The minimum absolute atomic E-state index is 0.0166. The van der Waals surface area contributed by atoms with E-state index in [4.69, 9.17) is 13.7 Å². The lowest BCUT2D eigenvalue weighted by molar-refractivity contribution is 0.0599. The molecule has 0 radical (unpaired) electrons. The second-order valence-electron chi connectivity index (χ2n) is 5.18. The zero-order chi connectivity index (χ0) is 17.9. The first-order chi connectivity index (χ1) is 12.0. The van der Waals surface area contributed by atoms with Gasteiger partial charge < -0.3 is 18.4 Å². The Labute approximate surface area is 145 Å². The summed E-state index contributed by atoms with van der Waals surface area (Å²) in [5.41, 5.74) is 0.0166. The van der Waals surface area contributed by atoms with Crippen molar-refractivity contribution in [1.29, 1.82) is 0 Å². The summed E-state index contributed by atoms with van der Waals surface area (Å²) >= 11 is 0. The van der Waals surface area contributed by atoms with Crippen molar-refractivity contribution in [3.8, 4) is 17.2 Å². The third-order valence-corrected chi connectivity index (χ3v) is 4.73. The average Bonchev–Trinajstić information content (AvgIpc) is 2.86. The molecule has 2 aromatic carbocycles. The molecule has 2 aromatic rings. The maximum absolute atomic E-state index is 12.6. The first-order valence-corrected chi connectivity index (χ1v) is 8.93. The number of fused-ring (bicyclic) bond motifs is 1. The molecule has 0 bridgehead atoms. The van der Waals surface area contributed by atoms with Crippen molar-refractivity contribution in [2.75, 3.05) is 20.3 Å². The predicted molar refractivity (Wildman–Crippen MR) is 87.6 cm³/mol. The third kappa shape index (κ3) is 3.69. The van der Waals surface area contributed by atoms with Gasteiger partial charge in [-0.25, -0.2) is 4.79 Å². The van der Waals surface area contributed by atoms with E-state index in [1.807, 2.05) is 0 Å². The van der Waals surface area contributed by atoms with E-state index < -0.39 is 16.1 Å². The number of para-hydroxylation sites is 1. The lowest BCUT2D eigenvalue weighted by Crippen LogP contribution is -2.13. The molecule has 1 aliphatic rings. The normalized spacial score (nSPS) is 13.6. The molecular weight excluding hydrogens is 348 g/mol. The molecule has 8 heteroatoms. The molecule has 0 spiro atoms. The van der Waals surface area contributed by atoms with Crippen LogP contribution in [0.1, 0.15) is 16.8 Å². The summed E-state index contributed by atoms with van der Waals surface area (Å²) in [6.45, 7) is 0.935. The lowest BCUT2D eigenvalue weighted by atomic mass is 10.2. The first kappa shape index (κ1) is 17.1. The summed E-state index contributed by atoms with van der Waals surface area (Å²) in [6, 6.07) is 10.2. The third-order valence-electron chi connectivity index (χ3n) is 3.50. The molecule has 0 amide bonds. The SMILES string of the molecule is COC(=O)c1ccccc1OS(=O)(=O)c1ccc2c(c1)OCCCO2. The van der Waals surface area contributed by atoms with E-state index in [2.05, 4.69) is 4.74 Å². The van der Waals surface area contributed by atoms with Crippen LogP contribution in [0.3, 0.4) is 0 Å². The minimum atomic E-state index is -4.17. The zero-order valence-electron chi connectivity index (χ0n) is 13.4. The number of hydrogen-bond acceptors (Lipinski definition) is 7. The van der Waals surface area contributed by atoms with Crippen LogP contribution in [-0.2, 0) is 14.9 Å². The number of carbonyl (C=O) groups is 1. The predicted octanol–water partition coefficient (Wildman–Crippen LogP) is 2.40. The fraction of sp³-hybridized carbons (Fsp3) is 0.235. The van der Waals surface area contributed by atoms with Crippen molar-refractivity contribution in [3.05, 3.63) is 48.0 Å². The van der Waals surface area contributed by atoms with E-state index in [1.165, 1.54) is 37.4 Å². The highest BCUT2D eigenvalue weighted by Gasteiger charge is 2.23. The Balaban J connectivity index is 1.93. The van der Waals surface area contributed by atoms with Gasteiger partial charge in [0.05, 0.1) is 20.3 Å². The molecule has 7 nitrogen and oxygen atoms in total. The highest BCUT2D eigenvalue weighted by molar-refractivity contribution is 7.87. The fourth-order valence-electron chi connectivity index (χ4n) is 2.28. The Morgan fingerprint density at radius 3 is 2.52 bits per heavy atom. The van der Waals surface area contributed by atoms with E-state index in [0.717, 1.165) is 0 Å². The van der Waals surface area contributed by atoms with Gasteiger partial charge in [-0.2, -0.15) is 8.42 Å². The van der Waals surface area contributed by atoms with E-state index >= 15 is 0 Å². The number of ether oxygens (including phenoxy) is 3. The maximum Gasteiger partial charge on any atom is 0.341 e. The molecular formula is C17H16O7S. The number of esters is 1. The molecule has 0 saturated heterocycles. The maximum atomic E-state index is 12.6. The zero-order valence-corrected chi connectivity index (χ0v) is 14.2. The summed E-state index contributed by atoms with van der Waals surface area (Å²) in [5.74, 6) is 0.0146. The van der Waals surface area contributed by atoms with E-state index in [0.29, 0.717) is 31.1 Å². The molecule has 0 unspecified atom stereocenters. The molecule has 0 atom stereocenters. The second kappa shape index (κ2) is 7.02. The van der Waals surface area contributed by atoms with Gasteiger partial charge in [0, 0.05) is 12.5 Å². The first-order valence-electron chi connectivity index (χ1n) is 7.53. The van der Waals surface area contributed by atoms with Gasteiger partial charge in [-0.15, -0.1) is 0 Å². The standard InChI is InChI=1S/C17H16O7S/c1-21-17(18)13-5-2-3-6-14(13)24-25(19,20)12-7-8-15-16(11-12)23-10-4-9-22-15/h2-3,5-8,11H,4,9-10H2,1H3. The van der Waals surface area contributed by atoms with Crippen LogP contribution in [0.4, 0.5) is 0 Å². The highest BCUT2D eigenvalue weighted by atomic mass is 32.2. The molecule has 1 aliphatic heterocycles. The number of rotatable bonds is 4. The Bertz CT molecular complexity index is 890. The van der Waals surface area contributed by atoms with E-state index in [-0.39, 0.29) is 16.2 Å². The molecule has 0 fully saturated rings. The van der Waals surface area contributed by atoms with Gasteiger partial charge in [0.2, 0.25) is 0 Å². The lowest BCUT2D eigenvalue weighted by Gasteiger charge is -2.12. The van der Waals surface area contributed by atoms with Crippen LogP contribution < -0.4 is 13.7 Å². The quantitative estimate of drug-likeness (QED) is 0.608. The van der Waals surface area contributed by atoms with Gasteiger partial charge in [0.1, 0.15) is 10.5 Å². The minimum Gasteiger partial charge on any atom is -0.490 e. The number of hydrogen-bond donors (Lipinski definition) is 0. The van der Waals surface area contributed by atoms with Crippen LogP contribution in [0.15, 0.2) is 47.4 Å². The van der Waals surface area contributed by atoms with Crippen molar-refractivity contribution in [3.63, 3.8) is 0 Å². The largest absolute Gasteiger partial charge is 0.490 e. The molecule has 1 heterocycles. The number of benzene rings is 2. The number of carbonyl (C=O) groups excluding carboxylic acids is 1. The molecule has 132 valence electrons. The average molecular weight is 364 g/mol. The Morgan fingerprint density at radius 2 is 1.76 bits per heavy atom. The number of methoxy groups -OCH3 is 1. The summed E-state index contributed by atoms with van der Waals surface area (Å²) in [5, 5.41) is 0. The highest BCUT2D eigenvalue weighted by Crippen LogP contribution is 2.33. The van der Waals surface area contributed by atoms with Crippen molar-refractivity contribution < 1.29 is 31.6 Å². The van der Waals surface area contributed by atoms with Crippen LogP contribution in [0.5, 0.6) is 17.2 Å². The Kier molecular flexibility index (Phi) is 4.80. The Hall–Kier alpha value is -2.74. The van der Waals surface area contributed by atoms with Crippen LogP contribution in [0.2, 0.25) is 0 Å². The van der Waals surface area contributed by atoms with Crippen LogP contribution >= 0.6 is 0 Å². The summed E-state index contributed by atoms with van der Waals surface area (Å²) in [6.07, 6.45) is 0.708. The van der Waals surface area contributed by atoms with Crippen LogP contribution in [-0.4, -0.2) is 34.7 Å². The smallest absolute Gasteiger partial charge is 0.341 e. The van der Waals surface area contributed by atoms with Gasteiger partial charge in [0.25, 0.3) is 0 Å². The van der Waals surface area contributed by atoms with Crippen LogP contribution in [0.25, 0.3) is 0 Å². The molecule has 0 aromatic heterocycles. The Morgan fingerprint density at radius 1 is 1.04 bits per heavy atom. The van der Waals surface area contributed by atoms with Crippen molar-refractivity contribution >= 4 is 16.1 Å². The molecule has 0 saturated carbocycles. The van der Waals surface area contributed by atoms with Gasteiger partial charge in [0.15, 0.2) is 17.2 Å². The summed E-state index contributed by atoms with van der Waals surface area (Å²) in [4.78, 5) is 11.7. The van der Waals surface area contributed by atoms with Gasteiger partial charge in [-0.3, -0.25) is 0 Å². The molecule has 0 aliphatic carbocycles. The summed E-state index contributed by atoms with van der Waals surface area (Å²) < 4.78 is 45.9. The van der Waals surface area contributed by atoms with Gasteiger partial charge >= 0.3 is 16.1 Å². The second-order valence-corrected chi connectivity index (χ2v) is 6.73. The molecule has 3 rings (SSSR count). The van der Waals surface area contributed by atoms with Crippen molar-refractivity contribution in [1.82, 2.24) is 0 Å². The summed E-state index contributed by atoms with van der Waals surface area (Å²) in [7, 11) is -2.96. The fourth-order valence-corrected chi connectivity index (χ4v) is 3.25. The molecule has 25 heavy (non-hydrogen) atoms. The van der Waals surface area contributed by atoms with Crippen molar-refractivity contribution in [2.24, 2.45) is 0 Å². The van der Waals surface area contributed by atoms with Gasteiger partial charge in [-0.1, -0.05) is 12.1 Å². The van der Waals surface area contributed by atoms with Gasteiger partial charge in [-0.05, 0) is 24.3 Å². The molecule has 0 N–H and O–H groups in total. The van der Waals surface area contributed by atoms with E-state index in [9.17, 15) is 13.2 Å². The van der Waals surface area contributed by atoms with E-state index in [1.54, 1.807) is 12.1 Å².